The summed E-state index contributed by atoms with van der Waals surface area (Å²) in [6.45, 7) is 3.66. The summed E-state index contributed by atoms with van der Waals surface area (Å²) in [5.41, 5.74) is 7.98. The fraction of sp³-hybridized carbons (Fsp3) is 0.600. The summed E-state index contributed by atoms with van der Waals surface area (Å²) in [6, 6.07) is 4.85. The van der Waals surface area contributed by atoms with Crippen LogP contribution in [-0.4, -0.2) is 33.7 Å². The van der Waals surface area contributed by atoms with Crippen LogP contribution in [0.4, 0.5) is 5.82 Å². The summed E-state index contributed by atoms with van der Waals surface area (Å²) < 4.78 is 1.94. The van der Waals surface area contributed by atoms with E-state index in [-0.39, 0.29) is 0 Å². The smallest absolute Gasteiger partial charge is 0.157 e. The quantitative estimate of drug-likeness (QED) is 0.927. The van der Waals surface area contributed by atoms with Crippen molar-refractivity contribution in [3.63, 3.8) is 0 Å². The Labute approximate surface area is 119 Å². The van der Waals surface area contributed by atoms with Gasteiger partial charge in [-0.3, -0.25) is 0 Å². The van der Waals surface area contributed by atoms with Gasteiger partial charge in [-0.25, -0.2) is 4.98 Å². The lowest BCUT2D eigenvalue weighted by atomic mass is 9.94. The third kappa shape index (κ3) is 2.50. The summed E-state index contributed by atoms with van der Waals surface area (Å²) >= 11 is 0. The normalized spacial score (nSPS) is 16.7. The molecule has 0 spiro atoms. The van der Waals surface area contributed by atoms with Gasteiger partial charge in [0, 0.05) is 19.1 Å². The first-order valence-electron chi connectivity index (χ1n) is 7.56. The third-order valence-corrected chi connectivity index (χ3v) is 4.18. The number of pyridine rings is 1. The van der Waals surface area contributed by atoms with Crippen molar-refractivity contribution in [3.8, 4) is 0 Å². The Morgan fingerprint density at radius 1 is 1.30 bits per heavy atom. The van der Waals surface area contributed by atoms with Gasteiger partial charge in [-0.1, -0.05) is 19.3 Å². The van der Waals surface area contributed by atoms with E-state index in [0.29, 0.717) is 12.6 Å². The Kier molecular flexibility index (Phi) is 3.87. The Balaban J connectivity index is 2.01. The van der Waals surface area contributed by atoms with E-state index in [1.807, 2.05) is 4.52 Å². The Hall–Kier alpha value is -1.62. The molecule has 0 saturated heterocycles. The highest BCUT2D eigenvalue weighted by atomic mass is 15.4. The molecule has 0 radical (unpaired) electrons. The molecule has 1 saturated carbocycles. The van der Waals surface area contributed by atoms with E-state index in [0.717, 1.165) is 18.0 Å². The van der Waals surface area contributed by atoms with Gasteiger partial charge in [0.15, 0.2) is 5.65 Å². The van der Waals surface area contributed by atoms with Gasteiger partial charge in [-0.15, -0.1) is 0 Å². The highest BCUT2D eigenvalue weighted by Crippen LogP contribution is 2.27. The second-order valence-electron chi connectivity index (χ2n) is 5.69. The largest absolute Gasteiger partial charge is 0.352 e. The molecule has 0 aromatic carbocycles. The van der Waals surface area contributed by atoms with Gasteiger partial charge in [0.25, 0.3) is 0 Å². The first-order chi connectivity index (χ1) is 9.79. The molecule has 2 N–H and O–H groups in total. The Morgan fingerprint density at radius 3 is 2.85 bits per heavy atom. The second kappa shape index (κ2) is 5.79. The van der Waals surface area contributed by atoms with Crippen LogP contribution < -0.4 is 10.6 Å². The molecule has 1 fully saturated rings. The van der Waals surface area contributed by atoms with Crippen LogP contribution in [-0.2, 0) is 0 Å². The third-order valence-electron chi connectivity index (χ3n) is 4.18. The standard InChI is InChI=1S/C15H23N5/c1-12-9-14-17-11-18-20(14)15(10-12)19(8-7-16)13-5-3-2-4-6-13/h9-11,13H,2-8,16H2,1H3. The molecule has 1 aliphatic carbocycles. The van der Waals surface area contributed by atoms with Crippen LogP contribution in [0, 0.1) is 6.92 Å². The maximum absolute atomic E-state index is 5.84. The number of hydrogen-bond donors (Lipinski definition) is 1. The van der Waals surface area contributed by atoms with E-state index >= 15 is 0 Å². The van der Waals surface area contributed by atoms with E-state index < -0.39 is 0 Å². The van der Waals surface area contributed by atoms with Gasteiger partial charge in [-0.05, 0) is 37.5 Å². The van der Waals surface area contributed by atoms with Crippen molar-refractivity contribution in [3.05, 3.63) is 24.0 Å². The summed E-state index contributed by atoms with van der Waals surface area (Å²) in [5, 5.41) is 4.38. The van der Waals surface area contributed by atoms with Gasteiger partial charge >= 0.3 is 0 Å². The van der Waals surface area contributed by atoms with Crippen LogP contribution in [0.25, 0.3) is 5.65 Å². The summed E-state index contributed by atoms with van der Waals surface area (Å²) in [6.07, 6.45) is 8.13. The highest BCUT2D eigenvalue weighted by molar-refractivity contribution is 5.53. The fourth-order valence-electron chi connectivity index (χ4n) is 3.26. The number of nitrogens with two attached hydrogens (primary N) is 1. The summed E-state index contributed by atoms with van der Waals surface area (Å²) in [5.74, 6) is 1.13. The summed E-state index contributed by atoms with van der Waals surface area (Å²) in [7, 11) is 0. The molecule has 0 aliphatic heterocycles. The van der Waals surface area contributed by atoms with E-state index in [4.69, 9.17) is 5.73 Å². The van der Waals surface area contributed by atoms with E-state index in [2.05, 4.69) is 34.0 Å². The zero-order valence-corrected chi connectivity index (χ0v) is 12.1. The second-order valence-corrected chi connectivity index (χ2v) is 5.69. The molecule has 2 aromatic heterocycles. The van der Waals surface area contributed by atoms with Gasteiger partial charge in [-0.2, -0.15) is 9.61 Å². The van der Waals surface area contributed by atoms with Crippen LogP contribution in [0.3, 0.4) is 0 Å². The van der Waals surface area contributed by atoms with E-state index in [9.17, 15) is 0 Å². The molecule has 2 heterocycles. The SMILES string of the molecule is Cc1cc(N(CCN)C2CCCCC2)n2ncnc2c1. The number of anilines is 1. The van der Waals surface area contributed by atoms with Gasteiger partial charge in [0.05, 0.1) is 0 Å². The lowest BCUT2D eigenvalue weighted by molar-refractivity contribution is 0.412. The van der Waals surface area contributed by atoms with Crippen molar-refractivity contribution in [2.24, 2.45) is 5.73 Å². The minimum absolute atomic E-state index is 0.585. The lowest BCUT2D eigenvalue weighted by Crippen LogP contribution is -2.41. The molecule has 0 atom stereocenters. The molecule has 108 valence electrons. The van der Waals surface area contributed by atoms with Crippen molar-refractivity contribution in [1.29, 1.82) is 0 Å². The molecule has 0 amide bonds. The molecule has 20 heavy (non-hydrogen) atoms. The van der Waals surface area contributed by atoms with Crippen LogP contribution in [0.15, 0.2) is 18.5 Å². The predicted molar refractivity (Wildman–Crippen MR) is 81.0 cm³/mol. The number of fused-ring (bicyclic) bond motifs is 1. The minimum atomic E-state index is 0.585. The minimum Gasteiger partial charge on any atom is -0.352 e. The first-order valence-corrected chi connectivity index (χ1v) is 7.56. The maximum Gasteiger partial charge on any atom is 0.157 e. The average Bonchev–Trinajstić information content (AvgIpc) is 2.93. The zero-order chi connectivity index (χ0) is 13.9. The molecule has 3 rings (SSSR count). The predicted octanol–water partition coefficient (Wildman–Crippen LogP) is 2.14. The zero-order valence-electron chi connectivity index (χ0n) is 12.1. The average molecular weight is 273 g/mol. The highest BCUT2D eigenvalue weighted by Gasteiger charge is 2.23. The lowest BCUT2D eigenvalue weighted by Gasteiger charge is -2.36. The van der Waals surface area contributed by atoms with Crippen LogP contribution in [0.5, 0.6) is 0 Å². The number of aromatic nitrogens is 3. The van der Waals surface area contributed by atoms with Crippen LogP contribution >= 0.6 is 0 Å². The molecule has 2 aromatic rings. The molecular weight excluding hydrogens is 250 g/mol. The van der Waals surface area contributed by atoms with Crippen LogP contribution in [0.2, 0.25) is 0 Å². The maximum atomic E-state index is 5.84. The van der Waals surface area contributed by atoms with Crippen LogP contribution in [0.1, 0.15) is 37.7 Å². The van der Waals surface area contributed by atoms with Crippen molar-refractivity contribution in [2.45, 2.75) is 45.1 Å². The molecule has 0 bridgehead atoms. The molecule has 5 heteroatoms. The van der Waals surface area contributed by atoms with Gasteiger partial charge in [0.1, 0.15) is 12.1 Å². The molecular formula is C15H23N5. The molecule has 1 aliphatic rings. The Morgan fingerprint density at radius 2 is 2.10 bits per heavy atom. The molecule has 5 nitrogen and oxygen atoms in total. The number of nitrogens with zero attached hydrogens (tertiary/aromatic N) is 4. The van der Waals surface area contributed by atoms with Crippen molar-refractivity contribution < 1.29 is 0 Å². The van der Waals surface area contributed by atoms with E-state index in [1.54, 1.807) is 6.33 Å². The topological polar surface area (TPSA) is 59.5 Å². The monoisotopic (exact) mass is 273 g/mol. The number of rotatable bonds is 4. The number of aryl methyl sites for hydroxylation is 1. The summed E-state index contributed by atoms with van der Waals surface area (Å²) in [4.78, 5) is 6.76. The number of hydrogen-bond acceptors (Lipinski definition) is 4. The van der Waals surface area contributed by atoms with Crippen molar-refractivity contribution in [2.75, 3.05) is 18.0 Å². The van der Waals surface area contributed by atoms with Crippen molar-refractivity contribution >= 4 is 11.5 Å². The fourth-order valence-corrected chi connectivity index (χ4v) is 3.26. The molecule has 0 unspecified atom stereocenters. The van der Waals surface area contributed by atoms with Crippen molar-refractivity contribution in [1.82, 2.24) is 14.6 Å². The first kappa shape index (κ1) is 13.4. The van der Waals surface area contributed by atoms with Gasteiger partial charge in [0.2, 0.25) is 0 Å². The van der Waals surface area contributed by atoms with Gasteiger partial charge < -0.3 is 10.6 Å². The van der Waals surface area contributed by atoms with E-state index in [1.165, 1.54) is 37.7 Å². The Bertz CT molecular complexity index is 571.